The fourth-order valence-corrected chi connectivity index (χ4v) is 2.95. The van der Waals surface area contributed by atoms with E-state index in [2.05, 4.69) is 15.0 Å². The Balaban J connectivity index is 1.98. The van der Waals surface area contributed by atoms with Crippen molar-refractivity contribution in [2.24, 2.45) is 0 Å². The molecule has 0 saturated carbocycles. The van der Waals surface area contributed by atoms with E-state index in [4.69, 9.17) is 15.2 Å². The van der Waals surface area contributed by atoms with Crippen LogP contribution in [0, 0.1) is 0 Å². The molecular weight excluding hydrogens is 361 g/mol. The zero-order valence-corrected chi connectivity index (χ0v) is 14.9. The number of nitrogen functional groups attached to an aromatic ring is 1. The number of imidazole rings is 1. The Labute approximate surface area is 149 Å². The van der Waals surface area contributed by atoms with Crippen molar-refractivity contribution in [2.75, 3.05) is 26.1 Å². The first-order chi connectivity index (χ1) is 12.5. The van der Waals surface area contributed by atoms with Crippen LogP contribution in [-0.4, -0.2) is 49.8 Å². The van der Waals surface area contributed by atoms with Crippen LogP contribution in [0.2, 0.25) is 0 Å². The van der Waals surface area contributed by atoms with Gasteiger partial charge in [-0.15, -0.1) is 0 Å². The summed E-state index contributed by atoms with van der Waals surface area (Å²) in [6.45, 7) is 0.784. The molecule has 0 fully saturated rings. The van der Waals surface area contributed by atoms with E-state index in [1.807, 2.05) is 0 Å². The van der Waals surface area contributed by atoms with Gasteiger partial charge in [0.1, 0.15) is 6.61 Å². The smallest absolute Gasteiger partial charge is 0.320 e. The van der Waals surface area contributed by atoms with Crippen molar-refractivity contribution in [1.82, 2.24) is 19.5 Å². The lowest BCUT2D eigenvalue weighted by Gasteiger charge is -2.08. The summed E-state index contributed by atoms with van der Waals surface area (Å²) in [5.41, 5.74) is 7.12. The predicted octanol–water partition coefficient (Wildman–Crippen LogP) is 0.280. The molecule has 1 atom stereocenters. The number of rotatable bonds is 7. The van der Waals surface area contributed by atoms with Crippen LogP contribution in [0.1, 0.15) is 5.56 Å². The Morgan fingerprint density at radius 2 is 2.08 bits per heavy atom. The highest BCUT2D eigenvalue weighted by atomic mass is 31.1. The van der Waals surface area contributed by atoms with E-state index in [1.54, 1.807) is 31.4 Å². The van der Waals surface area contributed by atoms with Crippen molar-refractivity contribution in [3.8, 4) is 12.0 Å². The molecule has 0 spiro atoms. The molecule has 0 saturated heterocycles. The maximum atomic E-state index is 11.3. The van der Waals surface area contributed by atoms with Gasteiger partial charge in [0.2, 0.25) is 8.03 Å². The highest BCUT2D eigenvalue weighted by molar-refractivity contribution is 7.47. The highest BCUT2D eigenvalue weighted by Crippen LogP contribution is 2.26. The summed E-state index contributed by atoms with van der Waals surface area (Å²) in [6, 6.07) is 6.34. The number of aromatic nitrogens is 4. The lowest BCUT2D eigenvalue weighted by molar-refractivity contribution is 0.141. The first kappa shape index (κ1) is 18.1. The van der Waals surface area contributed by atoms with Gasteiger partial charge in [-0.3, -0.25) is 9.13 Å². The Morgan fingerprint density at radius 1 is 1.27 bits per heavy atom. The number of hydrogen-bond acceptors (Lipinski definition) is 8. The molecule has 138 valence electrons. The quantitative estimate of drug-likeness (QED) is 0.389. The minimum Gasteiger partial charge on any atom is -0.480 e. The summed E-state index contributed by atoms with van der Waals surface area (Å²) in [5, 5.41) is 10.5. The zero-order valence-electron chi connectivity index (χ0n) is 13.9. The molecule has 3 rings (SSSR count). The summed E-state index contributed by atoms with van der Waals surface area (Å²) in [7, 11) is -1.26. The van der Waals surface area contributed by atoms with E-state index in [-0.39, 0.29) is 36.5 Å². The van der Waals surface area contributed by atoms with E-state index in [0.29, 0.717) is 23.1 Å². The summed E-state index contributed by atoms with van der Waals surface area (Å²) < 4.78 is 23.0. The largest absolute Gasteiger partial charge is 0.480 e. The first-order valence-corrected chi connectivity index (χ1v) is 9.02. The van der Waals surface area contributed by atoms with Gasteiger partial charge in [0.15, 0.2) is 17.0 Å². The van der Waals surface area contributed by atoms with Crippen molar-refractivity contribution in [1.29, 1.82) is 0 Å². The molecular formula is C15H18N5O5P. The standard InChI is InChI=1S/C15H18N5O5P/c1-24-5-6-25-14-18-12(16)11-13(19-14)20(15(21)17-11)8-9-3-2-4-10(7-9)26(22)23/h2-4,7,26H,5-6,8H2,1H3,(H,17,21)(H,22,23)(H2,16,18,19). The van der Waals surface area contributed by atoms with Crippen LogP contribution in [0.5, 0.6) is 12.0 Å². The van der Waals surface area contributed by atoms with Crippen LogP contribution in [0.15, 0.2) is 24.3 Å². The summed E-state index contributed by atoms with van der Waals surface area (Å²) in [5.74, 6) is 0.0747. The number of nitrogens with two attached hydrogens (primary N) is 1. The Kier molecular flexibility index (Phi) is 5.36. The predicted molar refractivity (Wildman–Crippen MR) is 95.2 cm³/mol. The van der Waals surface area contributed by atoms with Crippen LogP contribution < -0.4 is 15.8 Å². The van der Waals surface area contributed by atoms with Gasteiger partial charge >= 0.3 is 6.01 Å². The van der Waals surface area contributed by atoms with E-state index in [9.17, 15) is 14.6 Å². The van der Waals surface area contributed by atoms with Crippen molar-refractivity contribution < 1.29 is 24.0 Å². The van der Waals surface area contributed by atoms with Gasteiger partial charge < -0.3 is 25.2 Å². The van der Waals surface area contributed by atoms with Gasteiger partial charge in [-0.2, -0.15) is 15.0 Å². The van der Waals surface area contributed by atoms with Gasteiger partial charge in [0.05, 0.1) is 13.2 Å². The topological polar surface area (TPSA) is 146 Å². The number of fused-ring (bicyclic) bond motifs is 1. The Morgan fingerprint density at radius 3 is 2.81 bits per heavy atom. The number of ether oxygens (including phenoxy) is 2. The first-order valence-electron chi connectivity index (χ1n) is 7.66. The van der Waals surface area contributed by atoms with Crippen molar-refractivity contribution in [3.63, 3.8) is 0 Å². The lowest BCUT2D eigenvalue weighted by atomic mass is 10.2. The minimum absolute atomic E-state index is 0.0439. The van der Waals surface area contributed by atoms with E-state index < -0.39 is 8.03 Å². The molecule has 2 heterocycles. The van der Waals surface area contributed by atoms with E-state index in [1.165, 1.54) is 4.57 Å². The summed E-state index contributed by atoms with van der Waals surface area (Å²) in [6.07, 6.45) is 0. The third kappa shape index (κ3) is 3.77. The number of anilines is 1. The maximum Gasteiger partial charge on any atom is 0.320 e. The number of benzene rings is 1. The van der Waals surface area contributed by atoms with Gasteiger partial charge in [0.25, 0.3) is 6.01 Å². The summed E-state index contributed by atoms with van der Waals surface area (Å²) >= 11 is 0. The molecule has 1 unspecified atom stereocenters. The third-order valence-corrected chi connectivity index (χ3v) is 4.42. The van der Waals surface area contributed by atoms with Crippen LogP contribution in [0.25, 0.3) is 11.2 Å². The van der Waals surface area contributed by atoms with E-state index in [0.717, 1.165) is 0 Å². The van der Waals surface area contributed by atoms with Gasteiger partial charge in [-0.1, -0.05) is 12.1 Å². The molecule has 0 amide bonds. The molecule has 0 radical (unpaired) electrons. The normalized spacial score (nSPS) is 12.4. The number of methoxy groups -OCH3 is 1. The van der Waals surface area contributed by atoms with E-state index >= 15 is 0 Å². The fourth-order valence-electron chi connectivity index (χ4n) is 2.40. The number of hydrogen-bond donors (Lipinski definition) is 3. The molecule has 4 N–H and O–H groups in total. The molecule has 2 aromatic heterocycles. The molecule has 11 heteroatoms. The zero-order chi connectivity index (χ0) is 18.7. The summed E-state index contributed by atoms with van der Waals surface area (Å²) in [4.78, 5) is 21.5. The monoisotopic (exact) mass is 379 g/mol. The van der Waals surface area contributed by atoms with Crippen LogP contribution in [0.4, 0.5) is 5.82 Å². The van der Waals surface area contributed by atoms with Crippen LogP contribution in [-0.2, 0) is 15.8 Å². The molecule has 0 aliphatic carbocycles. The SMILES string of the molecule is COCCOc1nc(N)c2nc(O)n(Cc3cccc([PH](=O)O)c3)c2n1. The Hall–Kier alpha value is -2.68. The van der Waals surface area contributed by atoms with Crippen molar-refractivity contribution in [2.45, 2.75) is 6.54 Å². The average molecular weight is 379 g/mol. The van der Waals surface area contributed by atoms with Crippen molar-refractivity contribution >= 4 is 30.3 Å². The second-order valence-corrected chi connectivity index (χ2v) is 6.60. The van der Waals surface area contributed by atoms with Crippen molar-refractivity contribution in [3.05, 3.63) is 29.8 Å². The second kappa shape index (κ2) is 7.69. The molecule has 3 aromatic rings. The maximum absolute atomic E-state index is 11.3. The molecule has 10 nitrogen and oxygen atoms in total. The molecule has 0 aliphatic heterocycles. The fraction of sp³-hybridized carbons (Fsp3) is 0.267. The number of aromatic hydroxyl groups is 1. The van der Waals surface area contributed by atoms with Crippen LogP contribution >= 0.6 is 8.03 Å². The molecule has 0 aliphatic rings. The van der Waals surface area contributed by atoms with Gasteiger partial charge in [0, 0.05) is 12.4 Å². The number of nitrogens with zero attached hydrogens (tertiary/aromatic N) is 4. The molecule has 26 heavy (non-hydrogen) atoms. The molecule has 1 aromatic carbocycles. The molecule has 0 bridgehead atoms. The van der Waals surface area contributed by atoms with Gasteiger partial charge in [-0.05, 0) is 17.7 Å². The third-order valence-electron chi connectivity index (χ3n) is 3.61. The Bertz CT molecular complexity index is 961. The van der Waals surface area contributed by atoms with Crippen LogP contribution in [0.3, 0.4) is 0 Å². The van der Waals surface area contributed by atoms with Gasteiger partial charge in [-0.25, -0.2) is 0 Å². The lowest BCUT2D eigenvalue weighted by Crippen LogP contribution is -2.09. The highest BCUT2D eigenvalue weighted by Gasteiger charge is 2.17. The second-order valence-electron chi connectivity index (χ2n) is 5.41. The minimum atomic E-state index is -2.81. The average Bonchev–Trinajstić information content (AvgIpc) is 2.92.